The van der Waals surface area contributed by atoms with E-state index in [0.29, 0.717) is 39.7 Å². The minimum Gasteiger partial charge on any atom is -0.492 e. The number of morpholine rings is 1. The normalized spacial score (nSPS) is 19.9. The molecule has 2 heterocycles. The van der Waals surface area contributed by atoms with Gasteiger partial charge in [0.1, 0.15) is 23.7 Å². The van der Waals surface area contributed by atoms with Gasteiger partial charge in [-0.1, -0.05) is 23.7 Å². The number of nitrogens with zero attached hydrogens (tertiary/aromatic N) is 1. The van der Waals surface area contributed by atoms with Gasteiger partial charge in [-0.2, -0.15) is 0 Å². The van der Waals surface area contributed by atoms with Crippen molar-refractivity contribution in [2.45, 2.75) is 33.0 Å². The van der Waals surface area contributed by atoms with Crippen LogP contribution in [0.1, 0.15) is 19.6 Å². The van der Waals surface area contributed by atoms with Crippen LogP contribution in [0.2, 0.25) is 5.02 Å². The molecule has 2 atom stereocenters. The highest BCUT2D eigenvalue weighted by molar-refractivity contribution is 6.30. The lowest BCUT2D eigenvalue weighted by molar-refractivity contribution is -0.0699. The van der Waals surface area contributed by atoms with Crippen LogP contribution in [0.15, 0.2) is 51.7 Å². The van der Waals surface area contributed by atoms with E-state index in [-0.39, 0.29) is 17.6 Å². The monoisotopic (exact) mass is 427 g/mol. The maximum Gasteiger partial charge on any atom is 0.200 e. The molecule has 1 fully saturated rings. The Morgan fingerprint density at radius 2 is 1.80 bits per heavy atom. The summed E-state index contributed by atoms with van der Waals surface area (Å²) in [7, 11) is 0. The van der Waals surface area contributed by atoms with E-state index < -0.39 is 0 Å². The zero-order chi connectivity index (χ0) is 21.3. The Labute approximate surface area is 181 Å². The third-order valence-electron chi connectivity index (χ3n) is 5.34. The number of fused-ring (bicyclic) bond motifs is 1. The first-order valence-electron chi connectivity index (χ1n) is 10.2. The molecule has 30 heavy (non-hydrogen) atoms. The molecule has 0 aliphatic carbocycles. The highest BCUT2D eigenvalue weighted by Gasteiger charge is 2.21. The summed E-state index contributed by atoms with van der Waals surface area (Å²) in [5, 5.41) is 1.16. The van der Waals surface area contributed by atoms with Crippen LogP contribution >= 0.6 is 11.6 Å². The number of aryl methyl sites for hydroxylation is 1. The summed E-state index contributed by atoms with van der Waals surface area (Å²) in [5.41, 5.74) is 1.82. The molecule has 1 aliphatic rings. The molecule has 1 aromatic heterocycles. The van der Waals surface area contributed by atoms with E-state index in [1.807, 2.05) is 18.2 Å². The van der Waals surface area contributed by atoms with Gasteiger partial charge in [-0.25, -0.2) is 0 Å². The summed E-state index contributed by atoms with van der Waals surface area (Å²) in [6, 6.07) is 12.6. The summed E-state index contributed by atoms with van der Waals surface area (Å²) in [4.78, 5) is 15.4. The van der Waals surface area contributed by atoms with Crippen molar-refractivity contribution in [3.05, 3.63) is 63.5 Å². The predicted molar refractivity (Wildman–Crippen MR) is 120 cm³/mol. The van der Waals surface area contributed by atoms with Gasteiger partial charge >= 0.3 is 0 Å². The van der Waals surface area contributed by atoms with E-state index in [9.17, 15) is 4.79 Å². The van der Waals surface area contributed by atoms with Crippen molar-refractivity contribution >= 4 is 22.6 Å². The first-order chi connectivity index (χ1) is 14.4. The Hall–Kier alpha value is -2.34. The Bertz CT molecular complexity index is 1080. The molecule has 5 nitrogen and oxygen atoms in total. The smallest absolute Gasteiger partial charge is 0.200 e. The van der Waals surface area contributed by atoms with E-state index in [2.05, 4.69) is 18.7 Å². The van der Waals surface area contributed by atoms with Crippen molar-refractivity contribution < 1.29 is 13.9 Å². The zero-order valence-corrected chi connectivity index (χ0v) is 18.2. The fourth-order valence-corrected chi connectivity index (χ4v) is 4.21. The highest BCUT2D eigenvalue weighted by Crippen LogP contribution is 2.27. The van der Waals surface area contributed by atoms with Crippen LogP contribution in [-0.2, 0) is 4.74 Å². The molecule has 0 amide bonds. The van der Waals surface area contributed by atoms with Gasteiger partial charge in [0, 0.05) is 30.7 Å². The lowest BCUT2D eigenvalue weighted by atomic mass is 10.0. The number of hydrogen-bond acceptors (Lipinski definition) is 5. The maximum atomic E-state index is 13.1. The SMILES string of the molecule is Cc1oc2cc(OCCN3CC(C)OC(C)C3)ccc2c(=O)c1-c1ccc(Cl)cc1. The maximum absolute atomic E-state index is 13.1. The van der Waals surface area contributed by atoms with Crippen LogP contribution in [0.25, 0.3) is 22.1 Å². The quantitative estimate of drug-likeness (QED) is 0.579. The van der Waals surface area contributed by atoms with Gasteiger partial charge in [0.15, 0.2) is 0 Å². The van der Waals surface area contributed by atoms with Crippen molar-refractivity contribution in [3.63, 3.8) is 0 Å². The second-order valence-corrected chi connectivity index (χ2v) is 8.33. The standard InChI is InChI=1S/C24H26ClNO4/c1-15-13-26(14-16(2)29-15)10-11-28-20-8-9-21-22(12-20)30-17(3)23(24(21)27)18-4-6-19(25)7-5-18/h4-9,12,15-16H,10-11,13-14H2,1-3H3. The highest BCUT2D eigenvalue weighted by atomic mass is 35.5. The lowest BCUT2D eigenvalue weighted by Crippen LogP contribution is -2.46. The van der Waals surface area contributed by atoms with Crippen molar-refractivity contribution in [1.29, 1.82) is 0 Å². The molecule has 158 valence electrons. The van der Waals surface area contributed by atoms with E-state index >= 15 is 0 Å². The van der Waals surface area contributed by atoms with Crippen LogP contribution in [0.4, 0.5) is 0 Å². The fourth-order valence-electron chi connectivity index (χ4n) is 4.09. The van der Waals surface area contributed by atoms with Crippen LogP contribution in [0.3, 0.4) is 0 Å². The third kappa shape index (κ3) is 4.53. The second kappa shape index (κ2) is 8.80. The van der Waals surface area contributed by atoms with Gasteiger partial charge in [-0.15, -0.1) is 0 Å². The molecular formula is C24H26ClNO4. The predicted octanol–water partition coefficient (Wildman–Crippen LogP) is 4.91. The first kappa shape index (κ1) is 20.9. The molecule has 1 aliphatic heterocycles. The molecular weight excluding hydrogens is 402 g/mol. The molecule has 0 saturated carbocycles. The van der Waals surface area contributed by atoms with Crippen LogP contribution in [-0.4, -0.2) is 43.3 Å². The molecule has 4 rings (SSSR count). The third-order valence-corrected chi connectivity index (χ3v) is 5.60. The van der Waals surface area contributed by atoms with Crippen molar-refractivity contribution in [2.75, 3.05) is 26.2 Å². The lowest BCUT2D eigenvalue weighted by Gasteiger charge is -2.35. The van der Waals surface area contributed by atoms with Crippen molar-refractivity contribution in [2.24, 2.45) is 0 Å². The van der Waals surface area contributed by atoms with Gasteiger partial charge in [0.05, 0.1) is 23.2 Å². The number of hydrogen-bond donors (Lipinski definition) is 0. The first-order valence-corrected chi connectivity index (χ1v) is 10.6. The average molecular weight is 428 g/mol. The van der Waals surface area contributed by atoms with Gasteiger partial charge in [-0.3, -0.25) is 9.69 Å². The summed E-state index contributed by atoms with van der Waals surface area (Å²) >= 11 is 5.97. The summed E-state index contributed by atoms with van der Waals surface area (Å²) in [5.74, 6) is 1.27. The fraction of sp³-hybridized carbons (Fsp3) is 0.375. The Balaban J connectivity index is 1.51. The number of halogens is 1. The topological polar surface area (TPSA) is 51.9 Å². The van der Waals surface area contributed by atoms with E-state index in [1.165, 1.54) is 0 Å². The van der Waals surface area contributed by atoms with Crippen LogP contribution in [0.5, 0.6) is 5.75 Å². The average Bonchev–Trinajstić information content (AvgIpc) is 2.68. The molecule has 3 aromatic rings. The Morgan fingerprint density at radius 3 is 2.50 bits per heavy atom. The Kier molecular flexibility index (Phi) is 6.14. The van der Waals surface area contributed by atoms with E-state index in [4.69, 9.17) is 25.5 Å². The zero-order valence-electron chi connectivity index (χ0n) is 17.5. The van der Waals surface area contributed by atoms with Crippen molar-refractivity contribution in [3.8, 4) is 16.9 Å². The minimum absolute atomic E-state index is 0.0566. The van der Waals surface area contributed by atoms with Crippen LogP contribution < -0.4 is 10.2 Å². The molecule has 2 unspecified atom stereocenters. The van der Waals surface area contributed by atoms with Gasteiger partial charge in [-0.05, 0) is 50.6 Å². The molecule has 0 spiro atoms. The van der Waals surface area contributed by atoms with Gasteiger partial charge in [0.2, 0.25) is 5.43 Å². The van der Waals surface area contributed by atoms with Gasteiger partial charge < -0.3 is 13.9 Å². The van der Waals surface area contributed by atoms with Crippen molar-refractivity contribution in [1.82, 2.24) is 4.90 Å². The molecule has 2 aromatic carbocycles. The van der Waals surface area contributed by atoms with Crippen LogP contribution in [0, 0.1) is 6.92 Å². The molecule has 6 heteroatoms. The molecule has 0 radical (unpaired) electrons. The molecule has 1 saturated heterocycles. The number of benzene rings is 2. The Morgan fingerprint density at radius 1 is 1.10 bits per heavy atom. The van der Waals surface area contributed by atoms with E-state index in [0.717, 1.165) is 25.2 Å². The molecule has 0 N–H and O–H groups in total. The summed E-state index contributed by atoms with van der Waals surface area (Å²) in [6.07, 6.45) is 0.475. The van der Waals surface area contributed by atoms with Gasteiger partial charge in [0.25, 0.3) is 0 Å². The van der Waals surface area contributed by atoms with E-state index in [1.54, 1.807) is 31.2 Å². The second-order valence-electron chi connectivity index (χ2n) is 7.89. The largest absolute Gasteiger partial charge is 0.492 e. The number of rotatable bonds is 5. The minimum atomic E-state index is -0.0566. The number of ether oxygens (including phenoxy) is 2. The summed E-state index contributed by atoms with van der Waals surface area (Å²) in [6.45, 7) is 9.20. The molecule has 0 bridgehead atoms. The summed E-state index contributed by atoms with van der Waals surface area (Å²) < 4.78 is 17.7.